The summed E-state index contributed by atoms with van der Waals surface area (Å²) in [5.74, 6) is -2.70. The number of fused-ring (bicyclic) bond motifs is 3. The summed E-state index contributed by atoms with van der Waals surface area (Å²) >= 11 is 0. The Bertz CT molecular complexity index is 1020. The van der Waals surface area contributed by atoms with E-state index in [1.165, 1.54) is 25.1 Å². The Kier molecular flexibility index (Phi) is 3.41. The first kappa shape index (κ1) is 16.3. The molecule has 0 saturated carbocycles. The Balaban J connectivity index is 2.00. The van der Waals surface area contributed by atoms with E-state index in [4.69, 9.17) is 0 Å². The molecule has 6 heteroatoms. The van der Waals surface area contributed by atoms with E-state index < -0.39 is 11.6 Å². The van der Waals surface area contributed by atoms with Gasteiger partial charge in [0.2, 0.25) is 5.78 Å². The number of hydrogen-bond acceptors (Lipinski definition) is 6. The van der Waals surface area contributed by atoms with Gasteiger partial charge in [-0.3, -0.25) is 14.4 Å². The zero-order valence-corrected chi connectivity index (χ0v) is 14.0. The number of carbonyl (C=O) groups is 3. The van der Waals surface area contributed by atoms with E-state index in [2.05, 4.69) is 0 Å². The molecule has 4 rings (SSSR count). The fourth-order valence-corrected chi connectivity index (χ4v) is 4.00. The summed E-state index contributed by atoms with van der Waals surface area (Å²) in [7, 11) is 0. The van der Waals surface area contributed by atoms with Gasteiger partial charge in [0.15, 0.2) is 5.78 Å². The molecule has 0 amide bonds. The highest BCUT2D eigenvalue weighted by Gasteiger charge is 2.40. The summed E-state index contributed by atoms with van der Waals surface area (Å²) in [6.45, 7) is 1.47. The molecule has 1 atom stereocenters. The number of aromatic hydroxyl groups is 3. The van der Waals surface area contributed by atoms with Crippen LogP contribution in [0.4, 0.5) is 0 Å². The standard InChI is InChI=1S/C20H16O6/c1-8(21)9-5-6-10-12(7-9)19(25)15-16(17(10)23)20(26)14-11(18(15)24)3-2-4-13(14)22/h2-4,9,22-23,25H,5-7H2,1H3. The van der Waals surface area contributed by atoms with Gasteiger partial charge in [-0.1, -0.05) is 12.1 Å². The molecule has 0 aliphatic heterocycles. The van der Waals surface area contributed by atoms with Crippen molar-refractivity contribution in [3.05, 3.63) is 51.6 Å². The molecule has 0 radical (unpaired) electrons. The van der Waals surface area contributed by atoms with Gasteiger partial charge in [0.1, 0.15) is 23.0 Å². The Morgan fingerprint density at radius 2 is 1.62 bits per heavy atom. The third kappa shape index (κ3) is 2.02. The van der Waals surface area contributed by atoms with Crippen LogP contribution in [0.5, 0.6) is 17.2 Å². The van der Waals surface area contributed by atoms with Gasteiger partial charge in [0, 0.05) is 22.6 Å². The first-order valence-corrected chi connectivity index (χ1v) is 8.34. The lowest BCUT2D eigenvalue weighted by molar-refractivity contribution is -0.121. The van der Waals surface area contributed by atoms with Crippen LogP contribution in [-0.4, -0.2) is 32.7 Å². The van der Waals surface area contributed by atoms with Crippen LogP contribution in [0.3, 0.4) is 0 Å². The van der Waals surface area contributed by atoms with Crippen molar-refractivity contribution in [1.29, 1.82) is 0 Å². The van der Waals surface area contributed by atoms with Crippen molar-refractivity contribution in [3.8, 4) is 17.2 Å². The van der Waals surface area contributed by atoms with E-state index >= 15 is 0 Å². The zero-order chi connectivity index (χ0) is 18.7. The molecule has 0 spiro atoms. The smallest absolute Gasteiger partial charge is 0.202 e. The fourth-order valence-electron chi connectivity index (χ4n) is 4.00. The van der Waals surface area contributed by atoms with E-state index in [1.54, 1.807) is 0 Å². The molecule has 1 unspecified atom stereocenters. The number of Topliss-reactive ketones (excluding diaryl/α,β-unsaturated/α-hetero) is 1. The van der Waals surface area contributed by atoms with E-state index in [-0.39, 0.29) is 57.6 Å². The second-order valence-electron chi connectivity index (χ2n) is 6.81. The molecule has 0 aromatic heterocycles. The summed E-state index contributed by atoms with van der Waals surface area (Å²) in [4.78, 5) is 37.5. The second-order valence-corrected chi connectivity index (χ2v) is 6.81. The van der Waals surface area contributed by atoms with Crippen LogP contribution in [0.2, 0.25) is 0 Å². The van der Waals surface area contributed by atoms with E-state index in [9.17, 15) is 29.7 Å². The average molecular weight is 352 g/mol. The van der Waals surface area contributed by atoms with Crippen molar-refractivity contribution >= 4 is 17.3 Å². The third-order valence-corrected chi connectivity index (χ3v) is 5.40. The Morgan fingerprint density at radius 3 is 2.31 bits per heavy atom. The van der Waals surface area contributed by atoms with Crippen molar-refractivity contribution in [2.75, 3.05) is 0 Å². The SMILES string of the molecule is CC(=O)C1CCc2c(O)c3c(c(O)c2C1)C(=O)c1cccc(O)c1C3=O. The Hall–Kier alpha value is -3.15. The monoisotopic (exact) mass is 352 g/mol. The van der Waals surface area contributed by atoms with Crippen LogP contribution < -0.4 is 0 Å². The molecule has 2 aliphatic carbocycles. The number of phenolic OH excluding ortho intramolecular Hbond substituents is 3. The van der Waals surface area contributed by atoms with E-state index in [0.717, 1.165) is 0 Å². The maximum absolute atomic E-state index is 12.9. The van der Waals surface area contributed by atoms with Crippen molar-refractivity contribution in [3.63, 3.8) is 0 Å². The molecule has 0 bridgehead atoms. The first-order valence-electron chi connectivity index (χ1n) is 8.34. The molecule has 2 aromatic carbocycles. The lowest BCUT2D eigenvalue weighted by Crippen LogP contribution is -2.26. The summed E-state index contributed by atoms with van der Waals surface area (Å²) in [6.07, 6.45) is 1.03. The van der Waals surface area contributed by atoms with E-state index in [1.807, 2.05) is 0 Å². The lowest BCUT2D eigenvalue weighted by Gasteiger charge is -2.28. The topological polar surface area (TPSA) is 112 Å². The van der Waals surface area contributed by atoms with Crippen LogP contribution in [0.1, 0.15) is 56.3 Å². The van der Waals surface area contributed by atoms with Gasteiger partial charge < -0.3 is 15.3 Å². The number of ketones is 3. The minimum atomic E-state index is -0.697. The minimum Gasteiger partial charge on any atom is -0.507 e. The summed E-state index contributed by atoms with van der Waals surface area (Å²) in [6, 6.07) is 4.12. The molecule has 2 aromatic rings. The first-order chi connectivity index (χ1) is 12.3. The van der Waals surface area contributed by atoms with Gasteiger partial charge in [0.25, 0.3) is 0 Å². The van der Waals surface area contributed by atoms with Gasteiger partial charge in [-0.15, -0.1) is 0 Å². The Labute approximate surface area is 148 Å². The highest BCUT2D eigenvalue weighted by Crippen LogP contribution is 2.47. The van der Waals surface area contributed by atoms with Crippen molar-refractivity contribution < 1.29 is 29.7 Å². The van der Waals surface area contributed by atoms with Crippen LogP contribution in [-0.2, 0) is 17.6 Å². The van der Waals surface area contributed by atoms with Gasteiger partial charge in [-0.2, -0.15) is 0 Å². The summed E-state index contributed by atoms with van der Waals surface area (Å²) in [5, 5.41) is 31.4. The van der Waals surface area contributed by atoms with Crippen LogP contribution in [0.25, 0.3) is 0 Å². The molecular weight excluding hydrogens is 336 g/mol. The molecule has 6 nitrogen and oxygen atoms in total. The Morgan fingerprint density at radius 1 is 0.962 bits per heavy atom. The molecule has 26 heavy (non-hydrogen) atoms. The fraction of sp³-hybridized carbons (Fsp3) is 0.250. The molecule has 3 N–H and O–H groups in total. The maximum atomic E-state index is 12.9. The second kappa shape index (κ2) is 5.42. The number of carbonyl (C=O) groups excluding carboxylic acids is 3. The van der Waals surface area contributed by atoms with Crippen LogP contribution >= 0.6 is 0 Å². The predicted octanol–water partition coefficient (Wildman–Crippen LogP) is 2.27. The highest BCUT2D eigenvalue weighted by atomic mass is 16.3. The number of phenols is 3. The van der Waals surface area contributed by atoms with Crippen molar-refractivity contribution in [2.45, 2.75) is 26.2 Å². The van der Waals surface area contributed by atoms with Gasteiger partial charge in [-0.25, -0.2) is 0 Å². The van der Waals surface area contributed by atoms with Gasteiger partial charge in [-0.05, 0) is 32.3 Å². The highest BCUT2D eigenvalue weighted by molar-refractivity contribution is 6.31. The zero-order valence-electron chi connectivity index (χ0n) is 14.0. The van der Waals surface area contributed by atoms with Gasteiger partial charge in [0.05, 0.1) is 16.7 Å². The number of benzene rings is 2. The van der Waals surface area contributed by atoms with E-state index in [0.29, 0.717) is 24.0 Å². The maximum Gasteiger partial charge on any atom is 0.202 e. The molecule has 0 fully saturated rings. The van der Waals surface area contributed by atoms with Crippen LogP contribution in [0, 0.1) is 5.92 Å². The predicted molar refractivity (Wildman–Crippen MR) is 90.9 cm³/mol. The molecule has 0 saturated heterocycles. The number of rotatable bonds is 1. The normalized spacial score (nSPS) is 18.1. The molecule has 2 aliphatic rings. The molecule has 0 heterocycles. The van der Waals surface area contributed by atoms with Crippen LogP contribution in [0.15, 0.2) is 18.2 Å². The largest absolute Gasteiger partial charge is 0.507 e. The lowest BCUT2D eigenvalue weighted by atomic mass is 9.75. The van der Waals surface area contributed by atoms with Crippen molar-refractivity contribution in [1.82, 2.24) is 0 Å². The quantitative estimate of drug-likeness (QED) is 0.579. The molecule has 132 valence electrons. The average Bonchev–Trinajstić information content (AvgIpc) is 2.62. The van der Waals surface area contributed by atoms with Gasteiger partial charge >= 0.3 is 0 Å². The minimum absolute atomic E-state index is 0.0175. The molecular formula is C20H16O6. The van der Waals surface area contributed by atoms with Crippen molar-refractivity contribution in [2.24, 2.45) is 5.92 Å². The number of hydrogen-bond donors (Lipinski definition) is 3. The summed E-state index contributed by atoms with van der Waals surface area (Å²) < 4.78 is 0. The third-order valence-electron chi connectivity index (χ3n) is 5.40. The summed E-state index contributed by atoms with van der Waals surface area (Å²) in [5.41, 5.74) is 0.0134.